The van der Waals surface area contributed by atoms with Crippen LogP contribution in [-0.4, -0.2) is 17.6 Å². The van der Waals surface area contributed by atoms with Crippen molar-refractivity contribution in [2.75, 3.05) is 6.54 Å². The Bertz CT molecular complexity index is 402. The normalized spacial score (nSPS) is 17.2. The smallest absolute Gasteiger partial charge is 0.317 e. The third-order valence-electron chi connectivity index (χ3n) is 3.43. The average Bonchev–Trinajstić information content (AvgIpc) is 2.77. The first kappa shape index (κ1) is 14.9. The van der Waals surface area contributed by atoms with Gasteiger partial charge in [-0.15, -0.1) is 12.4 Å². The van der Waals surface area contributed by atoms with Gasteiger partial charge in [0, 0.05) is 5.54 Å². The van der Waals surface area contributed by atoms with Crippen molar-refractivity contribution in [3.05, 3.63) is 35.6 Å². The highest BCUT2D eigenvalue weighted by Crippen LogP contribution is 2.38. The van der Waals surface area contributed by atoms with Gasteiger partial charge in [-0.25, -0.2) is 4.39 Å². The molecule has 5 heteroatoms. The lowest BCUT2D eigenvalue weighted by Gasteiger charge is -2.30. The molecule has 1 aromatic carbocycles. The molecule has 0 radical (unpaired) electrons. The summed E-state index contributed by atoms with van der Waals surface area (Å²) in [4.78, 5) is 10.7. The SMILES string of the molecule is Cl.O=C(O)CNC1(c2ccc(F)cc2)CCCC1. The Morgan fingerprint density at radius 1 is 1.28 bits per heavy atom. The molecule has 0 heterocycles. The van der Waals surface area contributed by atoms with Crippen LogP contribution in [0.4, 0.5) is 4.39 Å². The van der Waals surface area contributed by atoms with Crippen molar-refractivity contribution in [3.63, 3.8) is 0 Å². The van der Waals surface area contributed by atoms with Crippen LogP contribution >= 0.6 is 12.4 Å². The van der Waals surface area contributed by atoms with E-state index in [1.54, 1.807) is 12.1 Å². The third-order valence-corrected chi connectivity index (χ3v) is 3.43. The second-order valence-corrected chi connectivity index (χ2v) is 4.54. The maximum Gasteiger partial charge on any atom is 0.317 e. The minimum Gasteiger partial charge on any atom is -0.480 e. The van der Waals surface area contributed by atoms with E-state index in [1.165, 1.54) is 12.1 Å². The second-order valence-electron chi connectivity index (χ2n) is 4.54. The van der Waals surface area contributed by atoms with Gasteiger partial charge in [0.2, 0.25) is 0 Å². The number of benzene rings is 1. The highest BCUT2D eigenvalue weighted by atomic mass is 35.5. The van der Waals surface area contributed by atoms with E-state index >= 15 is 0 Å². The Balaban J connectivity index is 0.00000162. The van der Waals surface area contributed by atoms with Crippen molar-refractivity contribution in [1.82, 2.24) is 5.32 Å². The van der Waals surface area contributed by atoms with Crippen molar-refractivity contribution in [1.29, 1.82) is 0 Å². The molecule has 100 valence electrons. The molecule has 0 saturated heterocycles. The summed E-state index contributed by atoms with van der Waals surface area (Å²) >= 11 is 0. The summed E-state index contributed by atoms with van der Waals surface area (Å²) in [6, 6.07) is 6.35. The van der Waals surface area contributed by atoms with Crippen LogP contribution in [0.1, 0.15) is 31.2 Å². The van der Waals surface area contributed by atoms with Crippen molar-refractivity contribution >= 4 is 18.4 Å². The van der Waals surface area contributed by atoms with Gasteiger partial charge in [0.05, 0.1) is 6.54 Å². The number of carboxylic acid groups (broad SMARTS) is 1. The number of nitrogens with one attached hydrogen (secondary N) is 1. The van der Waals surface area contributed by atoms with Crippen molar-refractivity contribution in [2.45, 2.75) is 31.2 Å². The first-order valence-electron chi connectivity index (χ1n) is 5.85. The second kappa shape index (κ2) is 6.16. The van der Waals surface area contributed by atoms with Gasteiger partial charge in [0.1, 0.15) is 5.82 Å². The fourth-order valence-electron chi connectivity index (χ4n) is 2.56. The van der Waals surface area contributed by atoms with Crippen LogP contribution in [0.15, 0.2) is 24.3 Å². The molecule has 1 aliphatic carbocycles. The van der Waals surface area contributed by atoms with Gasteiger partial charge in [0.25, 0.3) is 0 Å². The Morgan fingerprint density at radius 2 is 1.83 bits per heavy atom. The number of rotatable bonds is 4. The molecule has 1 aliphatic rings. The van der Waals surface area contributed by atoms with Gasteiger partial charge in [-0.1, -0.05) is 25.0 Å². The monoisotopic (exact) mass is 273 g/mol. The maximum absolute atomic E-state index is 12.9. The molecule has 3 nitrogen and oxygen atoms in total. The van der Waals surface area contributed by atoms with Crippen molar-refractivity contribution < 1.29 is 14.3 Å². The quantitative estimate of drug-likeness (QED) is 0.887. The van der Waals surface area contributed by atoms with Gasteiger partial charge >= 0.3 is 5.97 Å². The molecule has 0 atom stereocenters. The lowest BCUT2D eigenvalue weighted by molar-refractivity contribution is -0.136. The van der Waals surface area contributed by atoms with Crippen LogP contribution in [0.3, 0.4) is 0 Å². The number of hydrogen-bond acceptors (Lipinski definition) is 2. The summed E-state index contributed by atoms with van der Waals surface area (Å²) in [7, 11) is 0. The molecule has 2 N–H and O–H groups in total. The van der Waals surface area contributed by atoms with Crippen molar-refractivity contribution in [2.24, 2.45) is 0 Å². The van der Waals surface area contributed by atoms with E-state index in [-0.39, 0.29) is 30.3 Å². The number of halogens is 2. The minimum atomic E-state index is -0.863. The molecular weight excluding hydrogens is 257 g/mol. The molecule has 2 rings (SSSR count). The molecule has 18 heavy (non-hydrogen) atoms. The molecule has 1 aromatic rings. The fraction of sp³-hybridized carbons (Fsp3) is 0.462. The molecule has 1 saturated carbocycles. The largest absolute Gasteiger partial charge is 0.480 e. The van der Waals surface area contributed by atoms with E-state index in [2.05, 4.69) is 5.32 Å². The zero-order valence-corrected chi connectivity index (χ0v) is 10.8. The molecule has 0 spiro atoms. The molecule has 0 bridgehead atoms. The average molecular weight is 274 g/mol. The summed E-state index contributed by atoms with van der Waals surface area (Å²) in [6.45, 7) is -0.0582. The first-order valence-corrected chi connectivity index (χ1v) is 5.85. The van der Waals surface area contributed by atoms with Gasteiger partial charge in [-0.05, 0) is 30.5 Å². The van der Waals surface area contributed by atoms with Crippen LogP contribution in [0.5, 0.6) is 0 Å². The lowest BCUT2D eigenvalue weighted by atomic mass is 9.88. The van der Waals surface area contributed by atoms with Gasteiger partial charge in [-0.2, -0.15) is 0 Å². The third kappa shape index (κ3) is 3.21. The lowest BCUT2D eigenvalue weighted by Crippen LogP contribution is -2.42. The van der Waals surface area contributed by atoms with Gasteiger partial charge < -0.3 is 5.11 Å². The van der Waals surface area contributed by atoms with Crippen molar-refractivity contribution in [3.8, 4) is 0 Å². The Hall–Kier alpha value is -1.13. The van der Waals surface area contributed by atoms with E-state index in [9.17, 15) is 9.18 Å². The van der Waals surface area contributed by atoms with Crippen LogP contribution in [0.25, 0.3) is 0 Å². The summed E-state index contributed by atoms with van der Waals surface area (Å²) in [5, 5.41) is 11.9. The molecule has 1 fully saturated rings. The van der Waals surface area contributed by atoms with Gasteiger partial charge in [0.15, 0.2) is 0 Å². The number of aliphatic carboxylic acids is 1. The maximum atomic E-state index is 12.9. The first-order chi connectivity index (χ1) is 8.12. The number of hydrogen-bond donors (Lipinski definition) is 2. The van der Waals surface area contributed by atoms with E-state index in [0.29, 0.717) is 0 Å². The Labute approximate surface area is 112 Å². The zero-order chi connectivity index (χ0) is 12.3. The predicted octanol–water partition coefficient (Wildman–Crippen LogP) is 2.69. The van der Waals surface area contributed by atoms with E-state index in [1.807, 2.05) is 0 Å². The van der Waals surface area contributed by atoms with Crippen LogP contribution < -0.4 is 5.32 Å². The molecule has 0 unspecified atom stereocenters. The summed E-state index contributed by atoms with van der Waals surface area (Å²) in [5.41, 5.74) is 0.698. The van der Waals surface area contributed by atoms with E-state index < -0.39 is 5.97 Å². The highest BCUT2D eigenvalue weighted by molar-refractivity contribution is 5.85. The highest BCUT2D eigenvalue weighted by Gasteiger charge is 2.35. The molecule has 0 amide bonds. The number of carboxylic acids is 1. The van der Waals surface area contributed by atoms with Crippen LogP contribution in [-0.2, 0) is 10.3 Å². The summed E-state index contributed by atoms with van der Waals surface area (Å²) in [5.74, 6) is -1.13. The predicted molar refractivity (Wildman–Crippen MR) is 69.4 cm³/mol. The van der Waals surface area contributed by atoms with E-state index in [0.717, 1.165) is 31.2 Å². The zero-order valence-electron chi connectivity index (χ0n) is 9.99. The van der Waals surface area contributed by atoms with Gasteiger partial charge in [-0.3, -0.25) is 10.1 Å². The standard InChI is InChI=1S/C13H16FNO2.ClH/c14-11-5-3-10(4-6-11)13(7-1-2-8-13)15-9-12(16)17;/h3-6,15H,1-2,7-9H2,(H,16,17);1H. The Morgan fingerprint density at radius 3 is 2.33 bits per heavy atom. The summed E-state index contributed by atoms with van der Waals surface area (Å²) in [6.07, 6.45) is 3.96. The minimum absolute atomic E-state index is 0. The van der Waals surface area contributed by atoms with Crippen LogP contribution in [0.2, 0.25) is 0 Å². The van der Waals surface area contributed by atoms with E-state index in [4.69, 9.17) is 5.11 Å². The molecule has 0 aromatic heterocycles. The molecular formula is C13H17ClFNO2. The molecule has 0 aliphatic heterocycles. The fourth-order valence-corrected chi connectivity index (χ4v) is 2.56. The van der Waals surface area contributed by atoms with Crippen LogP contribution in [0, 0.1) is 5.82 Å². The Kier molecular flexibility index (Phi) is 5.11. The summed E-state index contributed by atoms with van der Waals surface area (Å²) < 4.78 is 12.9. The number of carbonyl (C=O) groups is 1. The topological polar surface area (TPSA) is 49.3 Å².